The van der Waals surface area contributed by atoms with Crippen molar-refractivity contribution in [3.63, 3.8) is 0 Å². The SMILES string of the molecule is CCCN(CCc1cccc(-c2cc3nccc(Oc4ccc(N)cc4F)c3s2)c1)C(=O)OC(C)(C)C. The van der Waals surface area contributed by atoms with Gasteiger partial charge in [-0.1, -0.05) is 31.2 Å². The Morgan fingerprint density at radius 2 is 1.89 bits per heavy atom. The Bertz CT molecular complexity index is 1400. The van der Waals surface area contributed by atoms with Crippen LogP contribution in [-0.2, 0) is 11.2 Å². The molecule has 0 aliphatic heterocycles. The van der Waals surface area contributed by atoms with E-state index in [4.69, 9.17) is 15.2 Å². The molecule has 0 fully saturated rings. The second kappa shape index (κ2) is 11.2. The number of fused-ring (bicyclic) bond motifs is 1. The van der Waals surface area contributed by atoms with Gasteiger partial charge >= 0.3 is 6.09 Å². The quantitative estimate of drug-likeness (QED) is 0.241. The van der Waals surface area contributed by atoms with E-state index >= 15 is 0 Å². The van der Waals surface area contributed by atoms with Crippen LogP contribution in [0, 0.1) is 5.82 Å². The van der Waals surface area contributed by atoms with Crippen LogP contribution in [-0.4, -0.2) is 34.7 Å². The lowest BCUT2D eigenvalue weighted by molar-refractivity contribution is 0.0252. The van der Waals surface area contributed by atoms with E-state index < -0.39 is 11.4 Å². The van der Waals surface area contributed by atoms with Crippen molar-refractivity contribution in [3.8, 4) is 21.9 Å². The van der Waals surface area contributed by atoms with Gasteiger partial charge in [-0.25, -0.2) is 9.18 Å². The second-order valence-electron chi connectivity index (χ2n) is 9.84. The number of benzene rings is 2. The summed E-state index contributed by atoms with van der Waals surface area (Å²) in [5.74, 6) is 0.131. The lowest BCUT2D eigenvalue weighted by Gasteiger charge is -2.27. The maximum atomic E-state index is 14.3. The lowest BCUT2D eigenvalue weighted by Crippen LogP contribution is -2.38. The molecule has 37 heavy (non-hydrogen) atoms. The van der Waals surface area contributed by atoms with Gasteiger partial charge in [-0.2, -0.15) is 0 Å². The predicted molar refractivity (Wildman–Crippen MR) is 148 cm³/mol. The van der Waals surface area contributed by atoms with Crippen molar-refractivity contribution in [2.45, 2.75) is 46.1 Å². The topological polar surface area (TPSA) is 77.7 Å². The molecule has 0 aliphatic carbocycles. The Morgan fingerprint density at radius 3 is 2.62 bits per heavy atom. The molecule has 6 nitrogen and oxygen atoms in total. The van der Waals surface area contributed by atoms with Gasteiger partial charge < -0.3 is 20.1 Å². The molecule has 8 heteroatoms. The smallest absolute Gasteiger partial charge is 0.410 e. The molecule has 0 spiro atoms. The Kier molecular flexibility index (Phi) is 7.97. The number of anilines is 1. The summed E-state index contributed by atoms with van der Waals surface area (Å²) in [6, 6.07) is 16.4. The summed E-state index contributed by atoms with van der Waals surface area (Å²) < 4.78 is 26.6. The fourth-order valence-corrected chi connectivity index (χ4v) is 4.95. The van der Waals surface area contributed by atoms with Crippen molar-refractivity contribution in [1.82, 2.24) is 9.88 Å². The number of carbonyl (C=O) groups is 1. The maximum absolute atomic E-state index is 14.3. The highest BCUT2D eigenvalue weighted by atomic mass is 32.1. The summed E-state index contributed by atoms with van der Waals surface area (Å²) in [4.78, 5) is 19.9. The van der Waals surface area contributed by atoms with Crippen LogP contribution in [0.25, 0.3) is 20.7 Å². The van der Waals surface area contributed by atoms with E-state index in [0.29, 0.717) is 30.9 Å². The molecule has 194 valence electrons. The normalized spacial score (nSPS) is 11.5. The number of nitrogen functional groups attached to an aromatic ring is 1. The number of rotatable bonds is 8. The molecule has 0 saturated heterocycles. The van der Waals surface area contributed by atoms with Gasteiger partial charge in [-0.3, -0.25) is 4.98 Å². The summed E-state index contributed by atoms with van der Waals surface area (Å²) in [5, 5.41) is 0. The third kappa shape index (κ3) is 6.77. The molecule has 0 saturated carbocycles. The Balaban J connectivity index is 1.53. The number of thiophene rings is 1. The highest BCUT2D eigenvalue weighted by molar-refractivity contribution is 7.22. The number of nitrogens with two attached hydrogens (primary N) is 1. The molecule has 0 unspecified atom stereocenters. The zero-order chi connectivity index (χ0) is 26.6. The molecule has 4 rings (SSSR count). The van der Waals surface area contributed by atoms with Gasteiger partial charge in [0.25, 0.3) is 0 Å². The third-order valence-corrected chi connectivity index (χ3v) is 6.77. The molecule has 0 bridgehead atoms. The fourth-order valence-electron chi connectivity index (χ4n) is 3.89. The van der Waals surface area contributed by atoms with Gasteiger partial charge in [0, 0.05) is 42.0 Å². The third-order valence-electron chi connectivity index (χ3n) is 5.58. The monoisotopic (exact) mass is 521 g/mol. The second-order valence-corrected chi connectivity index (χ2v) is 10.9. The highest BCUT2D eigenvalue weighted by Gasteiger charge is 2.21. The van der Waals surface area contributed by atoms with Crippen molar-refractivity contribution in [2.24, 2.45) is 0 Å². The molecule has 1 amide bonds. The van der Waals surface area contributed by atoms with Crippen molar-refractivity contribution in [1.29, 1.82) is 0 Å². The number of hydrogen-bond acceptors (Lipinski definition) is 6. The minimum Gasteiger partial charge on any atom is -0.453 e. The van der Waals surface area contributed by atoms with E-state index in [2.05, 4.69) is 17.1 Å². The summed E-state index contributed by atoms with van der Waals surface area (Å²) in [7, 11) is 0. The molecule has 4 aromatic rings. The van der Waals surface area contributed by atoms with Crippen LogP contribution in [0.3, 0.4) is 0 Å². The Morgan fingerprint density at radius 1 is 1.08 bits per heavy atom. The minimum atomic E-state index is -0.527. The van der Waals surface area contributed by atoms with Crippen molar-refractivity contribution in [2.75, 3.05) is 18.8 Å². The van der Waals surface area contributed by atoms with Gasteiger partial charge in [-0.05, 0) is 62.9 Å². The Labute approximate surface area is 220 Å². The first-order chi connectivity index (χ1) is 17.6. The summed E-state index contributed by atoms with van der Waals surface area (Å²) >= 11 is 1.54. The molecular formula is C29H32FN3O3S. The van der Waals surface area contributed by atoms with E-state index in [1.54, 1.807) is 23.2 Å². The number of halogens is 1. The lowest BCUT2D eigenvalue weighted by atomic mass is 10.1. The largest absolute Gasteiger partial charge is 0.453 e. The van der Waals surface area contributed by atoms with E-state index in [-0.39, 0.29) is 11.8 Å². The first-order valence-electron chi connectivity index (χ1n) is 12.3. The number of aromatic nitrogens is 1. The molecule has 0 atom stereocenters. The number of nitrogens with zero attached hydrogens (tertiary/aromatic N) is 2. The van der Waals surface area contributed by atoms with Crippen LogP contribution in [0.5, 0.6) is 11.5 Å². The number of amides is 1. The minimum absolute atomic E-state index is 0.111. The van der Waals surface area contributed by atoms with Gasteiger partial charge in [-0.15, -0.1) is 11.3 Å². The van der Waals surface area contributed by atoms with E-state index in [1.165, 1.54) is 23.5 Å². The highest BCUT2D eigenvalue weighted by Crippen LogP contribution is 2.39. The molecule has 2 aromatic carbocycles. The summed E-state index contributed by atoms with van der Waals surface area (Å²) in [6.45, 7) is 8.90. The number of ether oxygens (including phenoxy) is 2. The van der Waals surface area contributed by atoms with Crippen molar-refractivity contribution >= 4 is 33.3 Å². The van der Waals surface area contributed by atoms with Crippen LogP contribution in [0.15, 0.2) is 60.8 Å². The molecule has 0 aliphatic rings. The van der Waals surface area contributed by atoms with Gasteiger partial charge in [0.2, 0.25) is 0 Å². The summed E-state index contributed by atoms with van der Waals surface area (Å²) in [6.07, 6.45) is 2.93. The zero-order valence-corrected chi connectivity index (χ0v) is 22.4. The summed E-state index contributed by atoms with van der Waals surface area (Å²) in [5.41, 5.74) is 8.41. The fraction of sp³-hybridized carbons (Fsp3) is 0.310. The van der Waals surface area contributed by atoms with Crippen LogP contribution in [0.4, 0.5) is 14.9 Å². The van der Waals surface area contributed by atoms with Gasteiger partial charge in [0.15, 0.2) is 11.6 Å². The standard InChI is InChI=1S/C29H32FN3O3S/c1-5-14-33(28(34)36-29(2,3)4)15-12-19-7-6-8-20(16-19)26-18-23-27(37-26)25(11-13-32-23)35-24-10-9-21(31)17-22(24)30/h6-11,13,16-18H,5,12,14-15,31H2,1-4H3. The molecular weight excluding hydrogens is 489 g/mol. The van der Waals surface area contributed by atoms with E-state index in [0.717, 1.165) is 32.6 Å². The zero-order valence-electron chi connectivity index (χ0n) is 21.6. The molecule has 2 aromatic heterocycles. The van der Waals surface area contributed by atoms with Crippen LogP contribution in [0.1, 0.15) is 39.7 Å². The predicted octanol–water partition coefficient (Wildman–Crippen LogP) is 7.67. The Hall–Kier alpha value is -3.65. The number of carbonyl (C=O) groups excluding carboxylic acids is 1. The van der Waals surface area contributed by atoms with Crippen LogP contribution >= 0.6 is 11.3 Å². The average molecular weight is 522 g/mol. The van der Waals surface area contributed by atoms with Gasteiger partial charge in [0.05, 0.1) is 10.2 Å². The van der Waals surface area contributed by atoms with Crippen molar-refractivity contribution in [3.05, 3.63) is 72.2 Å². The number of pyridine rings is 1. The van der Waals surface area contributed by atoms with Crippen LogP contribution < -0.4 is 10.5 Å². The van der Waals surface area contributed by atoms with Gasteiger partial charge in [0.1, 0.15) is 11.4 Å². The average Bonchev–Trinajstić information content (AvgIpc) is 3.28. The van der Waals surface area contributed by atoms with Crippen molar-refractivity contribution < 1.29 is 18.7 Å². The first kappa shape index (κ1) is 26.4. The maximum Gasteiger partial charge on any atom is 0.410 e. The molecule has 2 N–H and O–H groups in total. The molecule has 0 radical (unpaired) electrons. The van der Waals surface area contributed by atoms with E-state index in [1.807, 2.05) is 45.9 Å². The van der Waals surface area contributed by atoms with Crippen LogP contribution in [0.2, 0.25) is 0 Å². The van der Waals surface area contributed by atoms with E-state index in [9.17, 15) is 9.18 Å². The number of hydrogen-bond donors (Lipinski definition) is 1. The molecule has 2 heterocycles. The first-order valence-corrected chi connectivity index (χ1v) is 13.1.